The van der Waals surface area contributed by atoms with Gasteiger partial charge in [-0.1, -0.05) is 19.6 Å². The predicted molar refractivity (Wildman–Crippen MR) is 144 cm³/mol. The van der Waals surface area contributed by atoms with E-state index in [0.717, 1.165) is 30.4 Å². The third-order valence-electron chi connectivity index (χ3n) is 5.91. The number of alkyl halides is 3. The van der Waals surface area contributed by atoms with Crippen LogP contribution in [0.2, 0.25) is 25.7 Å². The molecule has 1 aromatic carbocycles. The first-order valence-electron chi connectivity index (χ1n) is 12.5. The highest BCUT2D eigenvalue weighted by molar-refractivity contribution is 6.76. The van der Waals surface area contributed by atoms with Gasteiger partial charge in [-0.3, -0.25) is 0 Å². The molecule has 0 atom stereocenters. The highest BCUT2D eigenvalue weighted by Gasteiger charge is 2.37. The lowest BCUT2D eigenvalue weighted by Crippen LogP contribution is -2.28. The summed E-state index contributed by atoms with van der Waals surface area (Å²) in [5.74, 6) is -3.87. The molecule has 3 aromatic heterocycles. The minimum Gasteiger partial charge on any atom is -0.450 e. The molecule has 0 bridgehead atoms. The van der Waals surface area contributed by atoms with E-state index in [9.17, 15) is 26.7 Å². The van der Waals surface area contributed by atoms with Crippen molar-refractivity contribution in [1.82, 2.24) is 24.4 Å². The van der Waals surface area contributed by atoms with Gasteiger partial charge in [0, 0.05) is 58.1 Å². The normalized spacial score (nSPS) is 12.1. The average Bonchev–Trinajstić information content (AvgIpc) is 3.46. The Bertz CT molecular complexity index is 1520. The number of aromatic nitrogens is 4. The van der Waals surface area contributed by atoms with Gasteiger partial charge in [0.15, 0.2) is 17.4 Å². The SMILES string of the molecule is Cn1cnc(CNC(=O)Nc2cc(F)c(Oc3ccnc4c3c(C(F)(F)F)cn4COCC[Si](C)(C)C)c(F)c2)c1. The summed E-state index contributed by atoms with van der Waals surface area (Å²) in [5, 5.41) is 4.32. The third-order valence-corrected chi connectivity index (χ3v) is 7.61. The van der Waals surface area contributed by atoms with Gasteiger partial charge in [0.05, 0.1) is 29.5 Å². The van der Waals surface area contributed by atoms with Gasteiger partial charge < -0.3 is 29.2 Å². The zero-order valence-electron chi connectivity index (χ0n) is 22.8. The molecule has 9 nitrogen and oxygen atoms in total. The Hall–Kier alpha value is -3.98. The van der Waals surface area contributed by atoms with Crippen LogP contribution < -0.4 is 15.4 Å². The van der Waals surface area contributed by atoms with E-state index < -0.39 is 54.4 Å². The summed E-state index contributed by atoms with van der Waals surface area (Å²) < 4.78 is 85.6. The fraction of sp³-hybridized carbons (Fsp3) is 0.346. The van der Waals surface area contributed by atoms with Gasteiger partial charge in [0.25, 0.3) is 0 Å². The first-order valence-corrected chi connectivity index (χ1v) is 16.2. The number of carbonyl (C=O) groups excluding carboxylic acids is 1. The molecule has 0 saturated carbocycles. The second-order valence-corrected chi connectivity index (χ2v) is 16.2. The van der Waals surface area contributed by atoms with Gasteiger partial charge in [-0.15, -0.1) is 0 Å². The molecule has 0 aliphatic rings. The molecule has 0 aliphatic heterocycles. The Morgan fingerprint density at radius 3 is 2.41 bits per heavy atom. The van der Waals surface area contributed by atoms with E-state index >= 15 is 0 Å². The molecule has 41 heavy (non-hydrogen) atoms. The quantitative estimate of drug-likeness (QED) is 0.124. The number of nitrogens with zero attached hydrogens (tertiary/aromatic N) is 4. The van der Waals surface area contributed by atoms with Crippen molar-refractivity contribution < 1.29 is 36.2 Å². The fourth-order valence-corrected chi connectivity index (χ4v) is 4.63. The maximum Gasteiger partial charge on any atom is 0.418 e. The van der Waals surface area contributed by atoms with Gasteiger partial charge in [0.1, 0.15) is 18.1 Å². The summed E-state index contributed by atoms with van der Waals surface area (Å²) in [6.07, 6.45) is 0.430. The monoisotopic (exact) mass is 596 g/mol. The molecule has 2 N–H and O–H groups in total. The fourth-order valence-electron chi connectivity index (χ4n) is 3.87. The van der Waals surface area contributed by atoms with Crippen LogP contribution >= 0.6 is 0 Å². The maximum absolute atomic E-state index is 14.9. The number of pyridine rings is 1. The predicted octanol–water partition coefficient (Wildman–Crippen LogP) is 6.49. The van der Waals surface area contributed by atoms with Crippen molar-refractivity contribution in [3.63, 3.8) is 0 Å². The lowest BCUT2D eigenvalue weighted by atomic mass is 10.2. The zero-order valence-corrected chi connectivity index (χ0v) is 23.8. The standard InChI is InChI=1S/C26H29F5N6O3Si/c1-36-12-17(34-14-36)11-33-25(38)35-16-9-19(27)23(20(28)10-16)40-21-5-6-32-24-22(21)18(26(29,30)31)13-37(24)15-39-7-8-41(2,3)4/h5-6,9-10,12-14H,7-8,11,15H2,1-4H3,(H2,33,35,38). The molecule has 0 fully saturated rings. The van der Waals surface area contributed by atoms with Gasteiger partial charge >= 0.3 is 12.2 Å². The van der Waals surface area contributed by atoms with E-state index in [0.29, 0.717) is 12.3 Å². The van der Waals surface area contributed by atoms with Crippen molar-refractivity contribution in [3.8, 4) is 11.5 Å². The Kier molecular flexibility index (Phi) is 8.68. The molecule has 4 aromatic rings. The van der Waals surface area contributed by atoms with E-state index in [1.165, 1.54) is 10.8 Å². The van der Waals surface area contributed by atoms with E-state index in [4.69, 9.17) is 9.47 Å². The number of rotatable bonds is 10. The largest absolute Gasteiger partial charge is 0.450 e. The lowest BCUT2D eigenvalue weighted by Gasteiger charge is -2.15. The van der Waals surface area contributed by atoms with Crippen LogP contribution in [0.25, 0.3) is 11.0 Å². The molecule has 4 rings (SSSR count). The number of ether oxygens (including phenoxy) is 2. The number of carbonyl (C=O) groups is 1. The Labute approximate surface area is 233 Å². The van der Waals surface area contributed by atoms with Crippen LogP contribution in [-0.4, -0.2) is 39.8 Å². The minimum atomic E-state index is -4.81. The van der Waals surface area contributed by atoms with Crippen LogP contribution in [0.15, 0.2) is 43.1 Å². The number of fused-ring (bicyclic) bond motifs is 1. The molecule has 0 unspecified atom stereocenters. The molecule has 3 heterocycles. The third kappa shape index (κ3) is 7.61. The van der Waals surface area contributed by atoms with Crippen LogP contribution in [0.4, 0.5) is 32.4 Å². The molecular weight excluding hydrogens is 567 g/mol. The second kappa shape index (κ2) is 11.9. The Morgan fingerprint density at radius 1 is 1.10 bits per heavy atom. The molecule has 220 valence electrons. The molecule has 15 heteroatoms. The van der Waals surface area contributed by atoms with Gasteiger partial charge in [-0.05, 0) is 12.1 Å². The highest BCUT2D eigenvalue weighted by Crippen LogP contribution is 2.42. The van der Waals surface area contributed by atoms with E-state index in [-0.39, 0.29) is 24.6 Å². The first-order chi connectivity index (χ1) is 19.2. The zero-order chi connectivity index (χ0) is 29.9. The first kappa shape index (κ1) is 30.0. The molecule has 2 amide bonds. The van der Waals surface area contributed by atoms with Crippen molar-refractivity contribution in [3.05, 3.63) is 66.0 Å². The summed E-state index contributed by atoms with van der Waals surface area (Å²) in [7, 11) is 0.338. The van der Waals surface area contributed by atoms with Crippen LogP contribution in [0.3, 0.4) is 0 Å². The smallest absolute Gasteiger partial charge is 0.418 e. The van der Waals surface area contributed by atoms with E-state index in [1.807, 2.05) is 0 Å². The minimum absolute atomic E-state index is 0.0709. The Morgan fingerprint density at radius 2 is 1.80 bits per heavy atom. The summed E-state index contributed by atoms with van der Waals surface area (Å²) in [5.41, 5.74) is -0.874. The molecule has 0 aliphatic carbocycles. The van der Waals surface area contributed by atoms with Gasteiger partial charge in [-0.2, -0.15) is 13.2 Å². The molecular formula is C26H29F5N6O3Si. The number of nitrogens with one attached hydrogen (secondary N) is 2. The Balaban J connectivity index is 1.55. The number of anilines is 1. The number of urea groups is 1. The van der Waals surface area contributed by atoms with Crippen molar-refractivity contribution in [2.75, 3.05) is 11.9 Å². The molecule has 0 radical (unpaired) electrons. The maximum atomic E-state index is 14.9. The van der Waals surface area contributed by atoms with E-state index in [1.54, 1.807) is 24.1 Å². The van der Waals surface area contributed by atoms with Crippen molar-refractivity contribution in [2.45, 2.75) is 45.1 Å². The van der Waals surface area contributed by atoms with Crippen LogP contribution in [-0.2, 0) is 31.2 Å². The lowest BCUT2D eigenvalue weighted by molar-refractivity contribution is -0.136. The van der Waals surface area contributed by atoms with Crippen LogP contribution in [0, 0.1) is 11.6 Å². The van der Waals surface area contributed by atoms with Crippen LogP contribution in [0.1, 0.15) is 11.3 Å². The molecule has 0 saturated heterocycles. The summed E-state index contributed by atoms with van der Waals surface area (Å²) >= 11 is 0. The number of benzene rings is 1. The molecule has 0 spiro atoms. The summed E-state index contributed by atoms with van der Waals surface area (Å²) in [6.45, 7) is 6.68. The van der Waals surface area contributed by atoms with Gasteiger partial charge in [0.2, 0.25) is 0 Å². The van der Waals surface area contributed by atoms with Gasteiger partial charge in [-0.25, -0.2) is 23.5 Å². The number of hydrogen-bond donors (Lipinski definition) is 2. The summed E-state index contributed by atoms with van der Waals surface area (Å²) in [4.78, 5) is 20.2. The number of aryl methyl sites for hydroxylation is 1. The number of imidazole rings is 1. The number of halogens is 5. The second-order valence-electron chi connectivity index (χ2n) is 10.6. The van der Waals surface area contributed by atoms with Crippen molar-refractivity contribution >= 4 is 30.8 Å². The van der Waals surface area contributed by atoms with Crippen molar-refractivity contribution in [2.24, 2.45) is 7.05 Å². The number of amides is 2. The van der Waals surface area contributed by atoms with E-state index in [2.05, 4.69) is 40.2 Å². The summed E-state index contributed by atoms with van der Waals surface area (Å²) in [6, 6.07) is 2.74. The van der Waals surface area contributed by atoms with Crippen molar-refractivity contribution in [1.29, 1.82) is 0 Å². The average molecular weight is 597 g/mol. The topological polar surface area (TPSA) is 95.2 Å². The van der Waals surface area contributed by atoms with Crippen LogP contribution in [0.5, 0.6) is 11.5 Å². The number of hydrogen-bond acceptors (Lipinski definition) is 5. The highest BCUT2D eigenvalue weighted by atomic mass is 28.3.